The molecule has 2 aromatic rings. The Labute approximate surface area is 129 Å². The van der Waals surface area contributed by atoms with Crippen LogP contribution in [0.15, 0.2) is 18.2 Å². The molecule has 0 atom stereocenters. The number of nitrogen functional groups attached to an aromatic ring is 1. The molecule has 106 valence electrons. The van der Waals surface area contributed by atoms with Gasteiger partial charge >= 0.3 is 0 Å². The highest BCUT2D eigenvalue weighted by atomic mass is 127. The number of aryl methyl sites for hydroxylation is 1. The van der Waals surface area contributed by atoms with E-state index in [9.17, 15) is 8.78 Å². The fourth-order valence-electron chi connectivity index (χ4n) is 1.94. The number of hydrogen-bond donors (Lipinski definition) is 1. The van der Waals surface area contributed by atoms with Crippen LogP contribution in [-0.4, -0.2) is 9.97 Å². The first-order valence-corrected chi connectivity index (χ1v) is 7.33. The molecule has 0 unspecified atom stereocenters. The molecule has 6 heteroatoms. The van der Waals surface area contributed by atoms with E-state index in [0.717, 1.165) is 28.2 Å². The number of anilines is 1. The lowest BCUT2D eigenvalue weighted by Crippen LogP contribution is -2.08. The van der Waals surface area contributed by atoms with Gasteiger partial charge in [0.25, 0.3) is 0 Å². The number of benzene rings is 1. The van der Waals surface area contributed by atoms with Crippen molar-refractivity contribution in [1.29, 1.82) is 0 Å². The Hall–Kier alpha value is -1.31. The Morgan fingerprint density at radius 1 is 1.15 bits per heavy atom. The standard InChI is InChI=1S/C14H14F2IN3/c1-2-3-11-13(17)14(18)20-12(19-11)6-8-4-9(15)7-10(16)5-8/h4-5,7H,2-3,6H2,1H3,(H2,18,19,20). The predicted molar refractivity (Wildman–Crippen MR) is 82.3 cm³/mol. The van der Waals surface area contributed by atoms with Crippen LogP contribution in [0.2, 0.25) is 0 Å². The molecule has 0 saturated carbocycles. The van der Waals surface area contributed by atoms with E-state index < -0.39 is 11.6 Å². The van der Waals surface area contributed by atoms with Crippen LogP contribution in [0.25, 0.3) is 0 Å². The number of aromatic nitrogens is 2. The van der Waals surface area contributed by atoms with Crippen LogP contribution < -0.4 is 5.73 Å². The summed E-state index contributed by atoms with van der Waals surface area (Å²) in [7, 11) is 0. The number of nitrogens with zero attached hydrogens (tertiary/aromatic N) is 2. The molecular weight excluding hydrogens is 375 g/mol. The highest BCUT2D eigenvalue weighted by Gasteiger charge is 2.11. The summed E-state index contributed by atoms with van der Waals surface area (Å²) in [6, 6.07) is 3.40. The van der Waals surface area contributed by atoms with Gasteiger partial charge in [-0.1, -0.05) is 13.3 Å². The molecule has 0 amide bonds. The molecule has 1 aromatic carbocycles. The lowest BCUT2D eigenvalue weighted by Gasteiger charge is -2.08. The molecular formula is C14H14F2IN3. The van der Waals surface area contributed by atoms with Gasteiger partial charge in [0.05, 0.1) is 9.26 Å². The molecule has 0 radical (unpaired) electrons. The van der Waals surface area contributed by atoms with Gasteiger partial charge in [0.2, 0.25) is 0 Å². The third-order valence-corrected chi connectivity index (χ3v) is 3.94. The van der Waals surface area contributed by atoms with E-state index in [1.165, 1.54) is 12.1 Å². The van der Waals surface area contributed by atoms with E-state index in [-0.39, 0.29) is 6.42 Å². The SMILES string of the molecule is CCCc1nc(Cc2cc(F)cc(F)c2)nc(N)c1I. The normalized spacial score (nSPS) is 10.8. The highest BCUT2D eigenvalue weighted by molar-refractivity contribution is 14.1. The van der Waals surface area contributed by atoms with Gasteiger partial charge in [0, 0.05) is 12.5 Å². The van der Waals surface area contributed by atoms with Crippen molar-refractivity contribution in [2.45, 2.75) is 26.2 Å². The molecule has 20 heavy (non-hydrogen) atoms. The van der Waals surface area contributed by atoms with Crippen LogP contribution in [0, 0.1) is 15.2 Å². The Morgan fingerprint density at radius 2 is 1.80 bits per heavy atom. The van der Waals surface area contributed by atoms with E-state index in [4.69, 9.17) is 5.73 Å². The van der Waals surface area contributed by atoms with Gasteiger partial charge in [0.1, 0.15) is 23.3 Å². The third-order valence-electron chi connectivity index (χ3n) is 2.76. The minimum absolute atomic E-state index is 0.256. The van der Waals surface area contributed by atoms with Crippen molar-refractivity contribution in [2.24, 2.45) is 0 Å². The second kappa shape index (κ2) is 6.43. The van der Waals surface area contributed by atoms with Gasteiger partial charge < -0.3 is 5.73 Å². The van der Waals surface area contributed by atoms with Crippen LogP contribution in [0.3, 0.4) is 0 Å². The predicted octanol–water partition coefficient (Wildman–Crippen LogP) is 3.48. The Balaban J connectivity index is 2.33. The molecule has 0 fully saturated rings. The summed E-state index contributed by atoms with van der Waals surface area (Å²) in [5.41, 5.74) is 7.23. The summed E-state index contributed by atoms with van der Waals surface area (Å²) in [5.74, 6) is -0.313. The van der Waals surface area contributed by atoms with Crippen molar-refractivity contribution in [1.82, 2.24) is 9.97 Å². The molecule has 2 N–H and O–H groups in total. The molecule has 0 aliphatic carbocycles. The maximum absolute atomic E-state index is 13.2. The van der Waals surface area contributed by atoms with E-state index in [1.54, 1.807) is 0 Å². The lowest BCUT2D eigenvalue weighted by atomic mass is 10.1. The molecule has 0 aliphatic rings. The van der Waals surface area contributed by atoms with Gasteiger partial charge in [0.15, 0.2) is 0 Å². The zero-order valence-electron chi connectivity index (χ0n) is 11.0. The van der Waals surface area contributed by atoms with Crippen molar-refractivity contribution >= 4 is 28.4 Å². The van der Waals surface area contributed by atoms with Crippen molar-refractivity contribution < 1.29 is 8.78 Å². The average Bonchev–Trinajstić information content (AvgIpc) is 2.34. The minimum Gasteiger partial charge on any atom is -0.383 e. The van der Waals surface area contributed by atoms with Crippen molar-refractivity contribution in [3.8, 4) is 0 Å². The molecule has 2 rings (SSSR count). The molecule has 1 aromatic heterocycles. The summed E-state index contributed by atoms with van der Waals surface area (Å²) >= 11 is 2.12. The van der Waals surface area contributed by atoms with Crippen LogP contribution in [0.5, 0.6) is 0 Å². The second-order valence-electron chi connectivity index (χ2n) is 4.49. The van der Waals surface area contributed by atoms with Gasteiger partial charge in [-0.2, -0.15) is 0 Å². The molecule has 0 saturated heterocycles. The zero-order valence-corrected chi connectivity index (χ0v) is 13.1. The summed E-state index contributed by atoms with van der Waals surface area (Å²) < 4.78 is 27.2. The number of halogens is 3. The maximum Gasteiger partial charge on any atom is 0.140 e. The first-order chi connectivity index (χ1) is 9.49. The number of hydrogen-bond acceptors (Lipinski definition) is 3. The fraction of sp³-hybridized carbons (Fsp3) is 0.286. The molecule has 0 aliphatic heterocycles. The van der Waals surface area contributed by atoms with Gasteiger partial charge in [-0.3, -0.25) is 0 Å². The summed E-state index contributed by atoms with van der Waals surface area (Å²) in [5, 5.41) is 0. The fourth-order valence-corrected chi connectivity index (χ4v) is 2.45. The largest absolute Gasteiger partial charge is 0.383 e. The zero-order chi connectivity index (χ0) is 14.7. The topological polar surface area (TPSA) is 51.8 Å². The summed E-state index contributed by atoms with van der Waals surface area (Å²) in [6.45, 7) is 2.05. The van der Waals surface area contributed by atoms with Crippen LogP contribution >= 0.6 is 22.6 Å². The molecule has 0 spiro atoms. The van der Waals surface area contributed by atoms with Crippen molar-refractivity contribution in [3.05, 3.63) is 50.5 Å². The maximum atomic E-state index is 13.2. The van der Waals surface area contributed by atoms with Crippen LogP contribution in [0.1, 0.15) is 30.4 Å². The van der Waals surface area contributed by atoms with Crippen molar-refractivity contribution in [3.63, 3.8) is 0 Å². The molecule has 1 heterocycles. The Bertz CT molecular complexity index is 612. The summed E-state index contributed by atoms with van der Waals surface area (Å²) in [6.07, 6.45) is 2.00. The smallest absolute Gasteiger partial charge is 0.140 e. The number of rotatable bonds is 4. The third kappa shape index (κ3) is 3.62. The van der Waals surface area contributed by atoms with Gasteiger partial charge in [-0.05, 0) is 46.7 Å². The van der Waals surface area contributed by atoms with Gasteiger partial charge in [-0.25, -0.2) is 18.7 Å². The monoisotopic (exact) mass is 389 g/mol. The minimum atomic E-state index is -0.604. The first-order valence-electron chi connectivity index (χ1n) is 6.25. The average molecular weight is 389 g/mol. The second-order valence-corrected chi connectivity index (χ2v) is 5.57. The van der Waals surface area contributed by atoms with E-state index in [1.807, 2.05) is 0 Å². The van der Waals surface area contributed by atoms with Gasteiger partial charge in [-0.15, -0.1) is 0 Å². The van der Waals surface area contributed by atoms with E-state index in [2.05, 4.69) is 39.5 Å². The number of nitrogens with two attached hydrogens (primary N) is 1. The van der Waals surface area contributed by atoms with E-state index in [0.29, 0.717) is 17.2 Å². The van der Waals surface area contributed by atoms with E-state index >= 15 is 0 Å². The highest BCUT2D eigenvalue weighted by Crippen LogP contribution is 2.19. The summed E-state index contributed by atoms with van der Waals surface area (Å²) in [4.78, 5) is 8.62. The van der Waals surface area contributed by atoms with Crippen LogP contribution in [0.4, 0.5) is 14.6 Å². The molecule has 3 nitrogen and oxygen atoms in total. The van der Waals surface area contributed by atoms with Crippen molar-refractivity contribution in [2.75, 3.05) is 5.73 Å². The Kier molecular flexibility index (Phi) is 4.85. The molecule has 0 bridgehead atoms. The van der Waals surface area contributed by atoms with Crippen LogP contribution in [-0.2, 0) is 12.8 Å². The lowest BCUT2D eigenvalue weighted by molar-refractivity contribution is 0.580. The Morgan fingerprint density at radius 3 is 2.40 bits per heavy atom. The quantitative estimate of drug-likeness (QED) is 0.815. The first kappa shape index (κ1) is 15.1.